The summed E-state index contributed by atoms with van der Waals surface area (Å²) in [6.07, 6.45) is 2.03. The van der Waals surface area contributed by atoms with Gasteiger partial charge in [-0.2, -0.15) is 0 Å². The number of nitrogens with zero attached hydrogens (tertiary/aromatic N) is 1. The Kier molecular flexibility index (Phi) is 4.40. The van der Waals surface area contributed by atoms with Crippen LogP contribution in [0.15, 0.2) is 0 Å². The fourth-order valence-electron chi connectivity index (χ4n) is 3.22. The number of likely N-dealkylation sites (tertiary alicyclic amines) is 1. The predicted octanol–water partition coefficient (Wildman–Crippen LogP) is 0.869. The number of rotatable bonds is 5. The second-order valence-corrected chi connectivity index (χ2v) is 5.16. The number of carbonyl (C=O) groups excluding carboxylic acids is 1. The van der Waals surface area contributed by atoms with Crippen molar-refractivity contribution in [3.05, 3.63) is 0 Å². The molecular formula is C13H24N2O2. The van der Waals surface area contributed by atoms with Crippen molar-refractivity contribution in [3.63, 3.8) is 0 Å². The summed E-state index contributed by atoms with van der Waals surface area (Å²) >= 11 is 0. The van der Waals surface area contributed by atoms with E-state index in [9.17, 15) is 4.79 Å². The molecule has 2 rings (SSSR count). The van der Waals surface area contributed by atoms with Gasteiger partial charge in [0, 0.05) is 32.3 Å². The van der Waals surface area contributed by atoms with Gasteiger partial charge in [0.15, 0.2) is 0 Å². The monoisotopic (exact) mass is 240 g/mol. The van der Waals surface area contributed by atoms with E-state index in [-0.39, 0.29) is 12.5 Å². The van der Waals surface area contributed by atoms with Gasteiger partial charge in [-0.3, -0.25) is 4.79 Å². The summed E-state index contributed by atoms with van der Waals surface area (Å²) in [4.78, 5) is 14.2. The average Bonchev–Trinajstić information content (AvgIpc) is 2.88. The number of ether oxygens (including phenoxy) is 1. The Hall–Kier alpha value is -0.610. The van der Waals surface area contributed by atoms with E-state index in [0.717, 1.165) is 32.5 Å². The highest BCUT2D eigenvalue weighted by Crippen LogP contribution is 2.34. The Morgan fingerprint density at radius 2 is 2.24 bits per heavy atom. The second-order valence-electron chi connectivity index (χ2n) is 5.16. The highest BCUT2D eigenvalue weighted by molar-refractivity contribution is 5.78. The molecule has 0 spiro atoms. The fourth-order valence-corrected chi connectivity index (χ4v) is 3.22. The molecule has 2 saturated heterocycles. The first-order chi connectivity index (χ1) is 8.27. The topological polar surface area (TPSA) is 41.6 Å². The molecule has 1 N–H and O–H groups in total. The summed E-state index contributed by atoms with van der Waals surface area (Å²) in [6.45, 7) is 8.25. The largest absolute Gasteiger partial charge is 0.372 e. The molecule has 0 aromatic heterocycles. The van der Waals surface area contributed by atoms with E-state index in [0.29, 0.717) is 24.5 Å². The molecule has 0 aliphatic carbocycles. The summed E-state index contributed by atoms with van der Waals surface area (Å²) in [6, 6.07) is 0.424. The van der Waals surface area contributed by atoms with Gasteiger partial charge in [0.1, 0.15) is 6.61 Å². The van der Waals surface area contributed by atoms with E-state index in [2.05, 4.69) is 24.1 Å². The van der Waals surface area contributed by atoms with Crippen LogP contribution in [0.4, 0.5) is 0 Å². The van der Waals surface area contributed by atoms with Gasteiger partial charge in [0.25, 0.3) is 0 Å². The number of amides is 1. The van der Waals surface area contributed by atoms with E-state index in [1.54, 1.807) is 0 Å². The first-order valence-corrected chi connectivity index (χ1v) is 6.85. The van der Waals surface area contributed by atoms with Crippen LogP contribution in [0.5, 0.6) is 0 Å². The predicted molar refractivity (Wildman–Crippen MR) is 66.8 cm³/mol. The zero-order valence-electron chi connectivity index (χ0n) is 10.9. The Labute approximate surface area is 104 Å². The highest BCUT2D eigenvalue weighted by Gasteiger charge is 2.44. The van der Waals surface area contributed by atoms with Crippen LogP contribution in [0.25, 0.3) is 0 Å². The molecule has 0 aromatic carbocycles. The van der Waals surface area contributed by atoms with Gasteiger partial charge in [0.2, 0.25) is 5.91 Å². The minimum atomic E-state index is 0.180. The van der Waals surface area contributed by atoms with Gasteiger partial charge in [-0.15, -0.1) is 0 Å². The summed E-state index contributed by atoms with van der Waals surface area (Å²) in [7, 11) is 0. The molecule has 1 amide bonds. The van der Waals surface area contributed by atoms with Crippen molar-refractivity contribution < 1.29 is 9.53 Å². The van der Waals surface area contributed by atoms with Crippen LogP contribution in [0.2, 0.25) is 0 Å². The van der Waals surface area contributed by atoms with E-state index >= 15 is 0 Å². The number of carbonyl (C=O) groups is 1. The molecule has 4 heteroatoms. The molecule has 2 aliphatic heterocycles. The fraction of sp³-hybridized carbons (Fsp3) is 0.923. The minimum Gasteiger partial charge on any atom is -0.372 e. The smallest absolute Gasteiger partial charge is 0.248 e. The summed E-state index contributed by atoms with van der Waals surface area (Å²) in [5, 5.41) is 3.43. The maximum Gasteiger partial charge on any atom is 0.248 e. The number of hydrogen-bond acceptors (Lipinski definition) is 3. The van der Waals surface area contributed by atoms with E-state index in [4.69, 9.17) is 4.74 Å². The molecule has 2 heterocycles. The van der Waals surface area contributed by atoms with Crippen molar-refractivity contribution in [1.82, 2.24) is 10.2 Å². The molecule has 3 unspecified atom stereocenters. The quantitative estimate of drug-likeness (QED) is 0.725. The van der Waals surface area contributed by atoms with Crippen molar-refractivity contribution in [3.8, 4) is 0 Å². The van der Waals surface area contributed by atoms with Gasteiger partial charge in [0.05, 0.1) is 0 Å². The summed E-state index contributed by atoms with van der Waals surface area (Å²) < 4.78 is 5.37. The Bertz CT molecular complexity index is 270. The Morgan fingerprint density at radius 3 is 2.94 bits per heavy atom. The zero-order valence-corrected chi connectivity index (χ0v) is 10.9. The van der Waals surface area contributed by atoms with Crippen LogP contribution in [-0.2, 0) is 9.53 Å². The molecule has 4 nitrogen and oxygen atoms in total. The SMILES string of the molecule is CCCOCC(=O)N1CC2CNCC2C1CC. The van der Waals surface area contributed by atoms with E-state index in [1.165, 1.54) is 0 Å². The standard InChI is InChI=1S/C13H24N2O2/c1-3-5-17-9-13(16)15-8-10-6-14-7-11(10)12(15)4-2/h10-12,14H,3-9H2,1-2H3. The molecular weight excluding hydrogens is 216 g/mol. The van der Waals surface area contributed by atoms with Crippen LogP contribution in [0.3, 0.4) is 0 Å². The first kappa shape index (κ1) is 12.8. The van der Waals surface area contributed by atoms with Crippen LogP contribution in [-0.4, -0.2) is 49.7 Å². The Balaban J connectivity index is 1.89. The van der Waals surface area contributed by atoms with E-state index in [1.807, 2.05) is 0 Å². The average molecular weight is 240 g/mol. The Morgan fingerprint density at radius 1 is 1.41 bits per heavy atom. The third-order valence-electron chi connectivity index (χ3n) is 4.03. The molecule has 0 radical (unpaired) electrons. The van der Waals surface area contributed by atoms with Crippen LogP contribution in [0.1, 0.15) is 26.7 Å². The van der Waals surface area contributed by atoms with Gasteiger partial charge in [-0.25, -0.2) is 0 Å². The van der Waals surface area contributed by atoms with Crippen molar-refractivity contribution >= 4 is 5.91 Å². The lowest BCUT2D eigenvalue weighted by molar-refractivity contribution is -0.137. The van der Waals surface area contributed by atoms with Crippen LogP contribution < -0.4 is 5.32 Å². The highest BCUT2D eigenvalue weighted by atomic mass is 16.5. The maximum absolute atomic E-state index is 12.1. The van der Waals surface area contributed by atoms with Crippen molar-refractivity contribution in [2.45, 2.75) is 32.7 Å². The first-order valence-electron chi connectivity index (χ1n) is 6.85. The molecule has 3 atom stereocenters. The van der Waals surface area contributed by atoms with E-state index < -0.39 is 0 Å². The third kappa shape index (κ3) is 2.63. The van der Waals surface area contributed by atoms with Gasteiger partial charge in [-0.1, -0.05) is 13.8 Å². The molecule has 0 aromatic rings. The minimum absolute atomic E-state index is 0.180. The molecule has 0 bridgehead atoms. The van der Waals surface area contributed by atoms with Gasteiger partial charge >= 0.3 is 0 Å². The van der Waals surface area contributed by atoms with Crippen molar-refractivity contribution in [2.75, 3.05) is 32.8 Å². The number of nitrogens with one attached hydrogen (secondary N) is 1. The van der Waals surface area contributed by atoms with Crippen molar-refractivity contribution in [1.29, 1.82) is 0 Å². The lowest BCUT2D eigenvalue weighted by Gasteiger charge is -2.26. The molecule has 2 fully saturated rings. The normalized spacial score (nSPS) is 31.9. The number of fused-ring (bicyclic) bond motifs is 1. The van der Waals surface area contributed by atoms with Gasteiger partial charge in [-0.05, 0) is 24.7 Å². The lowest BCUT2D eigenvalue weighted by Crippen LogP contribution is -2.41. The summed E-state index contributed by atoms with van der Waals surface area (Å²) in [5.41, 5.74) is 0. The van der Waals surface area contributed by atoms with Crippen LogP contribution >= 0.6 is 0 Å². The zero-order chi connectivity index (χ0) is 12.3. The molecule has 17 heavy (non-hydrogen) atoms. The summed E-state index contributed by atoms with van der Waals surface area (Å²) in [5.74, 6) is 1.50. The molecule has 2 aliphatic rings. The lowest BCUT2D eigenvalue weighted by atomic mass is 9.93. The molecule has 0 saturated carbocycles. The van der Waals surface area contributed by atoms with Crippen molar-refractivity contribution in [2.24, 2.45) is 11.8 Å². The van der Waals surface area contributed by atoms with Crippen LogP contribution in [0, 0.1) is 11.8 Å². The molecule has 98 valence electrons. The number of hydrogen-bond donors (Lipinski definition) is 1. The maximum atomic E-state index is 12.1. The second kappa shape index (κ2) is 5.83. The van der Waals surface area contributed by atoms with Gasteiger partial charge < -0.3 is 15.0 Å². The third-order valence-corrected chi connectivity index (χ3v) is 4.03.